The van der Waals surface area contributed by atoms with Gasteiger partial charge in [-0.15, -0.1) is 23.1 Å². The third kappa shape index (κ3) is 3.22. The number of nitrogen functional groups attached to an aromatic ring is 1. The molecule has 0 aliphatic carbocycles. The number of amidine groups is 1. The molecule has 25 heavy (non-hydrogen) atoms. The second kappa shape index (κ2) is 6.66. The first-order chi connectivity index (χ1) is 11.8. The van der Waals surface area contributed by atoms with Crippen molar-refractivity contribution >= 4 is 38.8 Å². The number of benzene rings is 1. The fourth-order valence-corrected chi connectivity index (χ4v) is 6.31. The summed E-state index contributed by atoms with van der Waals surface area (Å²) < 4.78 is 28.7. The summed E-state index contributed by atoms with van der Waals surface area (Å²) in [6, 6.07) is 8.25. The van der Waals surface area contributed by atoms with Gasteiger partial charge in [-0.3, -0.25) is 5.41 Å². The van der Waals surface area contributed by atoms with E-state index in [9.17, 15) is 8.42 Å². The summed E-state index contributed by atoms with van der Waals surface area (Å²) in [5.74, 6) is -0.134. The molecule has 0 aliphatic heterocycles. The molecule has 130 valence electrons. The monoisotopic (exact) mass is 392 g/mol. The molecule has 1 aromatic carbocycles. The Bertz CT molecular complexity index is 1050. The maximum Gasteiger partial charge on any atom is 0.208 e. The highest BCUT2D eigenvalue weighted by Gasteiger charge is 2.25. The number of hydrogen-bond acceptors (Lipinski definition) is 6. The molecule has 0 fully saturated rings. The molecule has 0 unspecified atom stereocenters. The van der Waals surface area contributed by atoms with Crippen molar-refractivity contribution in [1.82, 2.24) is 9.55 Å². The van der Waals surface area contributed by atoms with Gasteiger partial charge in [0.25, 0.3) is 0 Å². The molecule has 3 N–H and O–H groups in total. The lowest BCUT2D eigenvalue weighted by Gasteiger charge is -2.07. The number of nitrogens with one attached hydrogen (secondary N) is 1. The lowest BCUT2D eigenvalue weighted by Crippen LogP contribution is -2.08. The van der Waals surface area contributed by atoms with Crippen LogP contribution in [0.3, 0.4) is 0 Å². The van der Waals surface area contributed by atoms with Crippen LogP contribution in [-0.4, -0.2) is 30.1 Å². The third-order valence-corrected chi connectivity index (χ3v) is 8.00. The highest BCUT2D eigenvalue weighted by atomic mass is 32.2. The van der Waals surface area contributed by atoms with Crippen LogP contribution in [0.5, 0.6) is 0 Å². The highest BCUT2D eigenvalue weighted by molar-refractivity contribution is 8.01. The number of thiophene rings is 1. The Morgan fingerprint density at radius 3 is 2.72 bits per heavy atom. The van der Waals surface area contributed by atoms with Gasteiger partial charge in [0, 0.05) is 12.6 Å². The van der Waals surface area contributed by atoms with Crippen LogP contribution in [0.2, 0.25) is 0 Å². The number of hydrogen-bond donors (Lipinski definition) is 2. The van der Waals surface area contributed by atoms with Crippen LogP contribution in [0.25, 0.3) is 11.3 Å². The molecule has 0 amide bonds. The minimum Gasteiger partial charge on any atom is -0.383 e. The average Bonchev–Trinajstić information content (AvgIpc) is 3.21. The number of thioether (sulfide) groups is 1. The zero-order chi connectivity index (χ0) is 18.2. The van der Waals surface area contributed by atoms with Gasteiger partial charge in [0.2, 0.25) is 9.84 Å². The van der Waals surface area contributed by atoms with Crippen molar-refractivity contribution < 1.29 is 8.42 Å². The minimum absolute atomic E-state index is 0.134. The third-order valence-electron chi connectivity index (χ3n) is 3.66. The summed E-state index contributed by atoms with van der Waals surface area (Å²) in [7, 11) is -1.86. The largest absolute Gasteiger partial charge is 0.383 e. The summed E-state index contributed by atoms with van der Waals surface area (Å²) in [4.78, 5) is 4.92. The molecule has 2 aromatic heterocycles. The summed E-state index contributed by atoms with van der Waals surface area (Å²) >= 11 is 2.55. The lowest BCUT2D eigenvalue weighted by atomic mass is 10.2. The number of imidazole rings is 1. The average molecular weight is 393 g/mol. The molecule has 0 aliphatic rings. The molecule has 0 saturated carbocycles. The Morgan fingerprint density at radius 2 is 2.12 bits per heavy atom. The molecule has 3 rings (SSSR count). The first-order valence-electron chi connectivity index (χ1n) is 7.18. The molecular formula is C16H16N4O2S3. The first kappa shape index (κ1) is 17.7. The fraction of sp³-hybridized carbons (Fsp3) is 0.125. The molecule has 0 saturated heterocycles. The SMILES string of the molecule is CSc1sc(C(=N)N)cc1S(=O)(=O)c1cccc(-c2cncn2C)c1. The Morgan fingerprint density at radius 1 is 1.36 bits per heavy atom. The smallest absolute Gasteiger partial charge is 0.208 e. The quantitative estimate of drug-likeness (QED) is 0.395. The van der Waals surface area contributed by atoms with Gasteiger partial charge in [0.1, 0.15) is 5.84 Å². The maximum absolute atomic E-state index is 13.1. The fourth-order valence-electron chi connectivity index (χ4n) is 2.40. The van der Waals surface area contributed by atoms with Crippen LogP contribution in [0.15, 0.2) is 56.9 Å². The Balaban J connectivity index is 2.13. The zero-order valence-electron chi connectivity index (χ0n) is 13.6. The van der Waals surface area contributed by atoms with Crippen LogP contribution in [0, 0.1) is 5.41 Å². The van der Waals surface area contributed by atoms with E-state index in [1.54, 1.807) is 37.0 Å². The molecule has 0 spiro atoms. The number of nitrogens with two attached hydrogens (primary N) is 1. The van der Waals surface area contributed by atoms with Gasteiger partial charge in [-0.05, 0) is 24.5 Å². The number of aromatic nitrogens is 2. The van der Waals surface area contributed by atoms with Crippen LogP contribution < -0.4 is 5.73 Å². The second-order valence-electron chi connectivity index (χ2n) is 5.30. The predicted octanol–water partition coefficient (Wildman–Crippen LogP) is 2.99. The van der Waals surface area contributed by atoms with Crippen LogP contribution in [0.1, 0.15) is 4.88 Å². The van der Waals surface area contributed by atoms with E-state index in [2.05, 4.69) is 4.98 Å². The van der Waals surface area contributed by atoms with Gasteiger partial charge >= 0.3 is 0 Å². The minimum atomic E-state index is -3.71. The van der Waals surface area contributed by atoms with Crippen LogP contribution >= 0.6 is 23.1 Å². The molecule has 0 bridgehead atoms. The predicted molar refractivity (Wildman–Crippen MR) is 101 cm³/mol. The van der Waals surface area contributed by atoms with Gasteiger partial charge in [-0.25, -0.2) is 13.4 Å². The van der Waals surface area contributed by atoms with E-state index in [0.29, 0.717) is 9.09 Å². The second-order valence-corrected chi connectivity index (χ2v) is 9.35. The van der Waals surface area contributed by atoms with E-state index in [4.69, 9.17) is 11.1 Å². The molecular weight excluding hydrogens is 376 g/mol. The summed E-state index contributed by atoms with van der Waals surface area (Å²) in [5, 5.41) is 7.56. The Hall–Kier alpha value is -2.10. The van der Waals surface area contributed by atoms with Gasteiger partial charge in [0.15, 0.2) is 0 Å². The number of sulfone groups is 1. The highest BCUT2D eigenvalue weighted by Crippen LogP contribution is 2.37. The normalized spacial score (nSPS) is 11.6. The van der Waals surface area contributed by atoms with Crippen LogP contribution in [0.4, 0.5) is 0 Å². The van der Waals surface area contributed by atoms with E-state index in [1.165, 1.54) is 29.2 Å². The van der Waals surface area contributed by atoms with Crippen molar-refractivity contribution in [1.29, 1.82) is 5.41 Å². The van der Waals surface area contributed by atoms with Gasteiger partial charge in [-0.2, -0.15) is 0 Å². The maximum atomic E-state index is 13.1. The van der Waals surface area contributed by atoms with Crippen molar-refractivity contribution in [3.05, 3.63) is 47.7 Å². The van der Waals surface area contributed by atoms with Crippen molar-refractivity contribution in [2.24, 2.45) is 12.8 Å². The van der Waals surface area contributed by atoms with Crippen molar-refractivity contribution in [3.8, 4) is 11.3 Å². The number of nitrogens with zero attached hydrogens (tertiary/aromatic N) is 2. The van der Waals surface area contributed by atoms with E-state index < -0.39 is 9.84 Å². The summed E-state index contributed by atoms with van der Waals surface area (Å²) in [5.41, 5.74) is 7.12. The molecule has 0 radical (unpaired) electrons. The molecule has 2 heterocycles. The first-order valence-corrected chi connectivity index (χ1v) is 10.7. The van der Waals surface area contributed by atoms with Crippen molar-refractivity contribution in [2.45, 2.75) is 14.0 Å². The summed E-state index contributed by atoms with van der Waals surface area (Å²) in [6.07, 6.45) is 5.17. The number of aryl methyl sites for hydroxylation is 1. The van der Waals surface area contributed by atoms with Gasteiger partial charge in [0.05, 0.1) is 37.1 Å². The lowest BCUT2D eigenvalue weighted by molar-refractivity contribution is 0.595. The molecule has 6 nitrogen and oxygen atoms in total. The number of rotatable bonds is 5. The molecule has 3 aromatic rings. The van der Waals surface area contributed by atoms with Crippen molar-refractivity contribution in [3.63, 3.8) is 0 Å². The van der Waals surface area contributed by atoms with E-state index in [0.717, 1.165) is 11.3 Å². The Kier molecular flexibility index (Phi) is 4.72. The topological polar surface area (TPSA) is 102 Å². The molecule has 0 atom stereocenters. The summed E-state index contributed by atoms with van der Waals surface area (Å²) in [6.45, 7) is 0. The Labute approximate surface area is 154 Å². The molecule has 9 heteroatoms. The van der Waals surface area contributed by atoms with Gasteiger partial charge < -0.3 is 10.3 Å². The van der Waals surface area contributed by atoms with Crippen LogP contribution in [-0.2, 0) is 16.9 Å². The van der Waals surface area contributed by atoms with Crippen molar-refractivity contribution in [2.75, 3.05) is 6.26 Å². The van der Waals surface area contributed by atoms with E-state index in [1.807, 2.05) is 17.7 Å². The van der Waals surface area contributed by atoms with Gasteiger partial charge in [-0.1, -0.05) is 12.1 Å². The zero-order valence-corrected chi connectivity index (χ0v) is 16.0. The standard InChI is InChI=1S/C16H16N4O2S3/c1-20-9-19-8-12(20)10-4-3-5-11(6-10)25(21,22)14-7-13(15(17)18)24-16(14)23-2/h3-9H,1-2H3,(H3,17,18). The van der Waals surface area contributed by atoms with E-state index in [-0.39, 0.29) is 15.6 Å². The van der Waals surface area contributed by atoms with E-state index >= 15 is 0 Å².